The van der Waals surface area contributed by atoms with Crippen LogP contribution in [0.4, 0.5) is 5.69 Å². The Kier molecular flexibility index (Phi) is 5.42. The molecule has 1 aromatic heterocycles. The van der Waals surface area contributed by atoms with Crippen LogP contribution < -0.4 is 11.1 Å². The Labute approximate surface area is 169 Å². The molecule has 0 aliphatic carbocycles. The molecule has 146 valence electrons. The third kappa shape index (κ3) is 4.55. The van der Waals surface area contributed by atoms with Crippen molar-refractivity contribution in [3.05, 3.63) is 96.2 Å². The minimum atomic E-state index is -0.456. The van der Waals surface area contributed by atoms with E-state index in [0.29, 0.717) is 5.56 Å². The molecule has 4 rings (SSSR count). The highest BCUT2D eigenvalue weighted by Gasteiger charge is 2.21. The summed E-state index contributed by atoms with van der Waals surface area (Å²) in [7, 11) is 0. The first-order valence-electron chi connectivity index (χ1n) is 9.29. The summed E-state index contributed by atoms with van der Waals surface area (Å²) in [5.74, 6) is 0.289. The van der Waals surface area contributed by atoms with E-state index in [1.807, 2.05) is 36.4 Å². The standard InChI is InChI=1S/C23H21N3O3/c24-23(27)18-8-4-7-17(10-18)19-11-20(13-25-12-19)26-21(22-14-28-15-29-22)9-16-5-2-1-3-6-16/h1-8,10-14,21,26H,9,15H2,(H2,24,27). The van der Waals surface area contributed by atoms with Crippen LogP contribution in [0, 0.1) is 0 Å². The van der Waals surface area contributed by atoms with Gasteiger partial charge in [-0.3, -0.25) is 9.78 Å². The van der Waals surface area contributed by atoms with Crippen molar-refractivity contribution in [2.45, 2.75) is 12.5 Å². The topological polar surface area (TPSA) is 86.5 Å². The maximum atomic E-state index is 11.5. The maximum Gasteiger partial charge on any atom is 0.248 e. The van der Waals surface area contributed by atoms with Crippen molar-refractivity contribution in [2.75, 3.05) is 12.1 Å². The molecule has 1 aliphatic heterocycles. The summed E-state index contributed by atoms with van der Waals surface area (Å²) >= 11 is 0. The molecule has 2 aromatic carbocycles. The van der Waals surface area contributed by atoms with Crippen LogP contribution in [0.1, 0.15) is 15.9 Å². The molecule has 1 amide bonds. The molecule has 0 bridgehead atoms. The number of benzene rings is 2. The van der Waals surface area contributed by atoms with Gasteiger partial charge in [0.25, 0.3) is 0 Å². The fraction of sp³-hybridized carbons (Fsp3) is 0.130. The zero-order valence-corrected chi connectivity index (χ0v) is 15.7. The van der Waals surface area contributed by atoms with Crippen molar-refractivity contribution in [2.24, 2.45) is 5.73 Å². The van der Waals surface area contributed by atoms with E-state index in [1.165, 1.54) is 5.56 Å². The third-order valence-corrected chi connectivity index (χ3v) is 4.68. The molecule has 0 saturated carbocycles. The normalized spacial score (nSPS) is 13.7. The van der Waals surface area contributed by atoms with Gasteiger partial charge in [0.1, 0.15) is 6.26 Å². The monoisotopic (exact) mass is 387 g/mol. The second kappa shape index (κ2) is 8.48. The van der Waals surface area contributed by atoms with Crippen molar-refractivity contribution in [1.29, 1.82) is 0 Å². The van der Waals surface area contributed by atoms with Crippen molar-refractivity contribution in [3.63, 3.8) is 0 Å². The summed E-state index contributed by atoms with van der Waals surface area (Å²) in [6.07, 6.45) is 5.90. The Morgan fingerprint density at radius 3 is 2.69 bits per heavy atom. The number of primary amides is 1. The largest absolute Gasteiger partial charge is 0.462 e. The number of nitrogens with zero attached hydrogens (tertiary/aromatic N) is 1. The second-order valence-electron chi connectivity index (χ2n) is 6.74. The first kappa shape index (κ1) is 18.6. The van der Waals surface area contributed by atoms with Gasteiger partial charge < -0.3 is 20.5 Å². The SMILES string of the molecule is NC(=O)c1cccc(-c2cncc(NC(Cc3ccccc3)C3=COCO3)c2)c1. The lowest BCUT2D eigenvalue weighted by Crippen LogP contribution is -2.25. The van der Waals surface area contributed by atoms with E-state index in [-0.39, 0.29) is 12.8 Å². The van der Waals surface area contributed by atoms with Crippen LogP contribution in [-0.4, -0.2) is 23.7 Å². The van der Waals surface area contributed by atoms with Gasteiger partial charge in [0.15, 0.2) is 5.76 Å². The molecular weight excluding hydrogens is 366 g/mol. The number of hydrogen-bond donors (Lipinski definition) is 2. The number of nitrogens with two attached hydrogens (primary N) is 1. The summed E-state index contributed by atoms with van der Waals surface area (Å²) in [5, 5.41) is 3.49. The number of amides is 1. The number of nitrogens with one attached hydrogen (secondary N) is 1. The highest BCUT2D eigenvalue weighted by atomic mass is 16.7. The molecule has 2 heterocycles. The van der Waals surface area contributed by atoms with Gasteiger partial charge in [0.2, 0.25) is 12.7 Å². The molecule has 0 saturated heterocycles. The number of carbonyl (C=O) groups is 1. The van der Waals surface area contributed by atoms with Crippen LogP contribution in [0.5, 0.6) is 0 Å². The fourth-order valence-electron chi connectivity index (χ4n) is 3.24. The average molecular weight is 387 g/mol. The summed E-state index contributed by atoms with van der Waals surface area (Å²) in [5.41, 5.74) is 9.64. The van der Waals surface area contributed by atoms with Gasteiger partial charge >= 0.3 is 0 Å². The molecular formula is C23H21N3O3. The fourth-order valence-corrected chi connectivity index (χ4v) is 3.24. The van der Waals surface area contributed by atoms with Gasteiger partial charge in [0, 0.05) is 23.5 Å². The van der Waals surface area contributed by atoms with Crippen LogP contribution in [0.15, 0.2) is 85.1 Å². The predicted octanol–water partition coefficient (Wildman–Crippen LogP) is 3.72. The van der Waals surface area contributed by atoms with E-state index in [4.69, 9.17) is 15.2 Å². The molecule has 1 unspecified atom stereocenters. The Bertz CT molecular complexity index is 1030. The zero-order valence-electron chi connectivity index (χ0n) is 15.7. The molecule has 6 nitrogen and oxygen atoms in total. The summed E-state index contributed by atoms with van der Waals surface area (Å²) < 4.78 is 10.9. The first-order valence-corrected chi connectivity index (χ1v) is 9.29. The summed E-state index contributed by atoms with van der Waals surface area (Å²) in [6, 6.07) is 19.3. The van der Waals surface area contributed by atoms with E-state index >= 15 is 0 Å². The highest BCUT2D eigenvalue weighted by Crippen LogP contribution is 2.25. The molecule has 3 aromatic rings. The van der Waals surface area contributed by atoms with Crippen molar-refractivity contribution in [1.82, 2.24) is 4.98 Å². The van der Waals surface area contributed by atoms with Crippen LogP contribution in [0.2, 0.25) is 0 Å². The van der Waals surface area contributed by atoms with E-state index in [9.17, 15) is 4.79 Å². The molecule has 1 aliphatic rings. The van der Waals surface area contributed by atoms with Crippen molar-refractivity contribution < 1.29 is 14.3 Å². The lowest BCUT2D eigenvalue weighted by atomic mass is 10.0. The number of anilines is 1. The van der Waals surface area contributed by atoms with E-state index in [1.54, 1.807) is 30.8 Å². The molecule has 3 N–H and O–H groups in total. The van der Waals surface area contributed by atoms with Crippen molar-refractivity contribution in [3.8, 4) is 11.1 Å². The Balaban J connectivity index is 1.59. The summed E-state index contributed by atoms with van der Waals surface area (Å²) in [6.45, 7) is 0.223. The molecule has 0 fully saturated rings. The van der Waals surface area contributed by atoms with E-state index < -0.39 is 5.91 Å². The molecule has 6 heteroatoms. The Morgan fingerprint density at radius 1 is 1.07 bits per heavy atom. The highest BCUT2D eigenvalue weighted by molar-refractivity contribution is 5.94. The van der Waals surface area contributed by atoms with Gasteiger partial charge in [-0.2, -0.15) is 0 Å². The predicted molar refractivity (Wildman–Crippen MR) is 111 cm³/mol. The van der Waals surface area contributed by atoms with Gasteiger partial charge in [-0.25, -0.2) is 0 Å². The van der Waals surface area contributed by atoms with Crippen LogP contribution >= 0.6 is 0 Å². The first-order chi connectivity index (χ1) is 14.2. The van der Waals surface area contributed by atoms with E-state index in [0.717, 1.165) is 29.0 Å². The quantitative estimate of drug-likeness (QED) is 0.645. The number of rotatable bonds is 7. The zero-order chi connectivity index (χ0) is 20.1. The average Bonchev–Trinajstić information content (AvgIpc) is 3.29. The lowest BCUT2D eigenvalue weighted by Gasteiger charge is -2.20. The van der Waals surface area contributed by atoms with Crippen LogP contribution in [0.3, 0.4) is 0 Å². The van der Waals surface area contributed by atoms with Gasteiger partial charge in [-0.05, 0) is 35.7 Å². The number of hydrogen-bond acceptors (Lipinski definition) is 5. The van der Waals surface area contributed by atoms with Crippen LogP contribution in [0.25, 0.3) is 11.1 Å². The minimum Gasteiger partial charge on any atom is -0.462 e. The number of carbonyl (C=O) groups excluding carboxylic acids is 1. The van der Waals surface area contributed by atoms with Gasteiger partial charge in [-0.1, -0.05) is 42.5 Å². The maximum absolute atomic E-state index is 11.5. The van der Waals surface area contributed by atoms with Crippen molar-refractivity contribution >= 4 is 11.6 Å². The van der Waals surface area contributed by atoms with Gasteiger partial charge in [-0.15, -0.1) is 0 Å². The molecule has 29 heavy (non-hydrogen) atoms. The third-order valence-electron chi connectivity index (χ3n) is 4.68. The number of aromatic nitrogens is 1. The smallest absolute Gasteiger partial charge is 0.248 e. The lowest BCUT2D eigenvalue weighted by molar-refractivity contribution is 0.0764. The Morgan fingerprint density at radius 2 is 1.93 bits per heavy atom. The number of pyridine rings is 1. The number of ether oxygens (including phenoxy) is 2. The van der Waals surface area contributed by atoms with E-state index in [2.05, 4.69) is 22.4 Å². The minimum absolute atomic E-state index is 0.103. The summed E-state index contributed by atoms with van der Waals surface area (Å²) in [4.78, 5) is 15.8. The second-order valence-corrected chi connectivity index (χ2v) is 6.74. The molecule has 1 atom stereocenters. The Hall–Kier alpha value is -3.80. The van der Waals surface area contributed by atoms with Crippen LogP contribution in [-0.2, 0) is 15.9 Å². The molecule has 0 spiro atoms. The van der Waals surface area contributed by atoms with Gasteiger partial charge in [0.05, 0.1) is 11.7 Å². The molecule has 0 radical (unpaired) electrons.